The number of imide groups is 1. The number of carbonyl (C=O) groups excluding carboxylic acids is 3. The van der Waals surface area contributed by atoms with Crippen molar-refractivity contribution < 1.29 is 14.4 Å². The van der Waals surface area contributed by atoms with Crippen molar-refractivity contribution in [1.29, 1.82) is 0 Å². The Labute approximate surface area is 156 Å². The summed E-state index contributed by atoms with van der Waals surface area (Å²) in [5.74, 6) is -0.798. The van der Waals surface area contributed by atoms with Crippen molar-refractivity contribution in [2.24, 2.45) is 0 Å². The summed E-state index contributed by atoms with van der Waals surface area (Å²) in [6.07, 6.45) is 0. The number of carbonyl (C=O) groups is 3. The van der Waals surface area contributed by atoms with E-state index in [-0.39, 0.29) is 18.5 Å². The van der Waals surface area contributed by atoms with Gasteiger partial charge in [-0.2, -0.15) is 0 Å². The molecule has 1 saturated heterocycles. The maximum absolute atomic E-state index is 12.8. The first-order chi connectivity index (χ1) is 12.3. The number of nitrogens with zero attached hydrogens (tertiary/aromatic N) is 1. The SMILES string of the molecule is Cc1ccc([C@]2(C)NC(=O)N(CC(=O)N[C@@H](C)c3cccs3)C2=O)cc1. The van der Waals surface area contributed by atoms with E-state index in [1.807, 2.05) is 55.6 Å². The smallest absolute Gasteiger partial charge is 0.325 e. The van der Waals surface area contributed by atoms with Crippen LogP contribution >= 0.6 is 11.3 Å². The number of benzene rings is 1. The zero-order valence-corrected chi connectivity index (χ0v) is 15.7. The molecule has 6 nitrogen and oxygen atoms in total. The Hall–Kier alpha value is -2.67. The average molecular weight is 371 g/mol. The van der Waals surface area contributed by atoms with Crippen LogP contribution in [0, 0.1) is 6.92 Å². The van der Waals surface area contributed by atoms with Gasteiger partial charge in [0.1, 0.15) is 12.1 Å². The minimum absolute atomic E-state index is 0.174. The number of hydrogen-bond acceptors (Lipinski definition) is 4. The fourth-order valence-electron chi connectivity index (χ4n) is 2.96. The van der Waals surface area contributed by atoms with Crippen molar-refractivity contribution >= 4 is 29.2 Å². The maximum Gasteiger partial charge on any atom is 0.325 e. The van der Waals surface area contributed by atoms with Crippen molar-refractivity contribution in [3.8, 4) is 0 Å². The minimum Gasteiger partial charge on any atom is -0.347 e. The van der Waals surface area contributed by atoms with Crippen LogP contribution in [0.25, 0.3) is 0 Å². The zero-order valence-electron chi connectivity index (χ0n) is 14.9. The Bertz CT molecular complexity index is 832. The quantitative estimate of drug-likeness (QED) is 0.793. The Morgan fingerprint density at radius 3 is 2.58 bits per heavy atom. The molecule has 1 aromatic heterocycles. The Morgan fingerprint density at radius 2 is 1.96 bits per heavy atom. The molecule has 136 valence electrons. The predicted octanol–water partition coefficient (Wildman–Crippen LogP) is 2.70. The molecule has 0 radical (unpaired) electrons. The third kappa shape index (κ3) is 3.35. The third-order valence-electron chi connectivity index (χ3n) is 4.55. The molecule has 0 aliphatic carbocycles. The van der Waals surface area contributed by atoms with E-state index in [2.05, 4.69) is 10.6 Å². The molecule has 0 unspecified atom stereocenters. The minimum atomic E-state index is -1.16. The van der Waals surface area contributed by atoms with E-state index in [1.165, 1.54) is 0 Å². The molecule has 1 fully saturated rings. The average Bonchev–Trinajstić information content (AvgIpc) is 3.20. The molecule has 0 bridgehead atoms. The lowest BCUT2D eigenvalue weighted by atomic mass is 9.91. The monoisotopic (exact) mass is 371 g/mol. The lowest BCUT2D eigenvalue weighted by molar-refractivity contribution is -0.135. The van der Waals surface area contributed by atoms with Crippen LogP contribution < -0.4 is 10.6 Å². The van der Waals surface area contributed by atoms with Gasteiger partial charge in [-0.1, -0.05) is 35.9 Å². The van der Waals surface area contributed by atoms with Gasteiger partial charge in [0.15, 0.2) is 0 Å². The van der Waals surface area contributed by atoms with Gasteiger partial charge in [-0.25, -0.2) is 4.79 Å². The third-order valence-corrected chi connectivity index (χ3v) is 5.61. The molecular weight excluding hydrogens is 350 g/mol. The van der Waals surface area contributed by atoms with E-state index in [1.54, 1.807) is 18.3 Å². The highest BCUT2D eigenvalue weighted by Crippen LogP contribution is 2.29. The Balaban J connectivity index is 1.71. The van der Waals surface area contributed by atoms with E-state index in [0.29, 0.717) is 5.56 Å². The topological polar surface area (TPSA) is 78.5 Å². The summed E-state index contributed by atoms with van der Waals surface area (Å²) in [5.41, 5.74) is 0.592. The second-order valence-electron chi connectivity index (χ2n) is 6.62. The molecule has 4 amide bonds. The molecule has 2 N–H and O–H groups in total. The van der Waals surface area contributed by atoms with Gasteiger partial charge in [-0.3, -0.25) is 14.5 Å². The van der Waals surface area contributed by atoms with Crippen LogP contribution in [0.2, 0.25) is 0 Å². The Morgan fingerprint density at radius 1 is 1.27 bits per heavy atom. The van der Waals surface area contributed by atoms with Crippen LogP contribution in [0.4, 0.5) is 4.79 Å². The summed E-state index contributed by atoms with van der Waals surface area (Å²) < 4.78 is 0. The standard InChI is InChI=1S/C19H21N3O3S/c1-12-6-8-14(9-7-12)19(3)17(24)22(18(25)21-19)11-16(23)20-13(2)15-5-4-10-26-15/h4-10,13H,11H2,1-3H3,(H,20,23)(H,21,25)/t13-,19-/m0/s1. The molecule has 7 heteroatoms. The summed E-state index contributed by atoms with van der Waals surface area (Å²) in [5, 5.41) is 7.47. The highest BCUT2D eigenvalue weighted by Gasteiger charge is 2.49. The Kier molecular flexibility index (Phi) is 4.82. The van der Waals surface area contributed by atoms with E-state index >= 15 is 0 Å². The number of nitrogens with one attached hydrogen (secondary N) is 2. The summed E-state index contributed by atoms with van der Waals surface area (Å²) in [4.78, 5) is 39.4. The molecule has 26 heavy (non-hydrogen) atoms. The molecule has 2 heterocycles. The molecule has 3 rings (SSSR count). The predicted molar refractivity (Wildman–Crippen MR) is 99.7 cm³/mol. The molecule has 1 aromatic carbocycles. The summed E-state index contributed by atoms with van der Waals surface area (Å²) in [6, 6.07) is 10.5. The van der Waals surface area contributed by atoms with E-state index < -0.39 is 17.5 Å². The molecule has 2 atom stereocenters. The van der Waals surface area contributed by atoms with E-state index in [0.717, 1.165) is 15.3 Å². The zero-order chi connectivity index (χ0) is 18.9. The van der Waals surface area contributed by atoms with Gasteiger partial charge in [0.05, 0.1) is 6.04 Å². The second kappa shape index (κ2) is 6.92. The van der Waals surface area contributed by atoms with E-state index in [4.69, 9.17) is 0 Å². The van der Waals surface area contributed by atoms with E-state index in [9.17, 15) is 14.4 Å². The van der Waals surface area contributed by atoms with Gasteiger partial charge < -0.3 is 10.6 Å². The van der Waals surface area contributed by atoms with Gasteiger partial charge >= 0.3 is 6.03 Å². The number of hydrogen-bond donors (Lipinski definition) is 2. The first kappa shape index (κ1) is 18.1. The van der Waals surface area contributed by atoms with Gasteiger partial charge in [-0.05, 0) is 37.8 Å². The van der Waals surface area contributed by atoms with Crippen LogP contribution in [-0.2, 0) is 15.1 Å². The first-order valence-electron chi connectivity index (χ1n) is 8.35. The van der Waals surface area contributed by atoms with Crippen molar-refractivity contribution in [3.05, 3.63) is 57.8 Å². The largest absolute Gasteiger partial charge is 0.347 e. The molecule has 1 aliphatic rings. The number of rotatable bonds is 5. The highest BCUT2D eigenvalue weighted by atomic mass is 32.1. The molecule has 1 aliphatic heterocycles. The summed E-state index contributed by atoms with van der Waals surface area (Å²) in [7, 11) is 0. The number of urea groups is 1. The van der Waals surface area contributed by atoms with Gasteiger partial charge in [-0.15, -0.1) is 11.3 Å². The van der Waals surface area contributed by atoms with Crippen LogP contribution in [0.5, 0.6) is 0 Å². The molecular formula is C19H21N3O3S. The summed E-state index contributed by atoms with van der Waals surface area (Å²) in [6.45, 7) is 5.17. The molecule has 2 aromatic rings. The number of amides is 4. The highest BCUT2D eigenvalue weighted by molar-refractivity contribution is 7.10. The maximum atomic E-state index is 12.8. The molecule has 0 saturated carbocycles. The van der Waals surface area contributed by atoms with Gasteiger partial charge in [0.2, 0.25) is 5.91 Å². The van der Waals surface area contributed by atoms with Crippen molar-refractivity contribution in [2.45, 2.75) is 32.4 Å². The fraction of sp³-hybridized carbons (Fsp3) is 0.316. The number of aryl methyl sites for hydroxylation is 1. The first-order valence-corrected chi connectivity index (χ1v) is 9.23. The van der Waals surface area contributed by atoms with Gasteiger partial charge in [0.25, 0.3) is 5.91 Å². The lowest BCUT2D eigenvalue weighted by Gasteiger charge is -2.22. The van der Waals surface area contributed by atoms with Crippen molar-refractivity contribution in [2.75, 3.05) is 6.54 Å². The normalized spacial score (nSPS) is 20.8. The van der Waals surface area contributed by atoms with Crippen molar-refractivity contribution in [3.63, 3.8) is 0 Å². The van der Waals surface area contributed by atoms with Crippen LogP contribution in [-0.4, -0.2) is 29.3 Å². The number of thiophene rings is 1. The summed E-state index contributed by atoms with van der Waals surface area (Å²) >= 11 is 1.54. The molecule has 0 spiro atoms. The van der Waals surface area contributed by atoms with Gasteiger partial charge in [0, 0.05) is 4.88 Å². The second-order valence-corrected chi connectivity index (χ2v) is 7.60. The lowest BCUT2D eigenvalue weighted by Crippen LogP contribution is -2.43. The fourth-order valence-corrected chi connectivity index (χ4v) is 3.70. The van der Waals surface area contributed by atoms with Crippen LogP contribution in [0.15, 0.2) is 41.8 Å². The van der Waals surface area contributed by atoms with Crippen molar-refractivity contribution in [1.82, 2.24) is 15.5 Å². The van der Waals surface area contributed by atoms with Crippen LogP contribution in [0.1, 0.15) is 35.9 Å². The van der Waals surface area contributed by atoms with Crippen LogP contribution in [0.3, 0.4) is 0 Å².